The Bertz CT molecular complexity index is 807. The highest BCUT2D eigenvalue weighted by Gasteiger charge is 2.31. The Morgan fingerprint density at radius 3 is 2.48 bits per heavy atom. The molecule has 21 heavy (non-hydrogen) atoms. The smallest absolute Gasteiger partial charge is 0.396 e. The molecular formula is C14H13F3N4. The molecule has 2 aromatic heterocycles. The number of nitrogen functional groups attached to an aromatic ring is 1. The van der Waals surface area contributed by atoms with Crippen molar-refractivity contribution in [2.75, 3.05) is 5.73 Å². The zero-order valence-electron chi connectivity index (χ0n) is 11.4. The van der Waals surface area contributed by atoms with Gasteiger partial charge >= 0.3 is 6.18 Å². The second-order valence-corrected chi connectivity index (χ2v) is 4.96. The lowest BCUT2D eigenvalue weighted by Gasteiger charge is -2.08. The minimum atomic E-state index is -4.38. The van der Waals surface area contributed by atoms with Gasteiger partial charge in [-0.25, -0.2) is 0 Å². The third-order valence-electron chi connectivity index (χ3n) is 3.54. The number of aromatic nitrogens is 3. The minimum Gasteiger partial charge on any atom is -0.396 e. The molecule has 1 aromatic carbocycles. The average molecular weight is 294 g/mol. The van der Waals surface area contributed by atoms with Crippen molar-refractivity contribution in [3.05, 3.63) is 36.2 Å². The summed E-state index contributed by atoms with van der Waals surface area (Å²) in [7, 11) is 3.49. The van der Waals surface area contributed by atoms with Gasteiger partial charge in [-0.15, -0.1) is 0 Å². The van der Waals surface area contributed by atoms with Crippen LogP contribution in [0, 0.1) is 0 Å². The first-order valence-electron chi connectivity index (χ1n) is 6.23. The highest BCUT2D eigenvalue weighted by molar-refractivity contribution is 5.98. The molecule has 7 heteroatoms. The molecule has 0 aliphatic carbocycles. The number of anilines is 1. The van der Waals surface area contributed by atoms with Gasteiger partial charge in [-0.3, -0.25) is 4.68 Å². The van der Waals surface area contributed by atoms with Crippen molar-refractivity contribution in [1.29, 1.82) is 0 Å². The summed E-state index contributed by atoms with van der Waals surface area (Å²) >= 11 is 0. The molecule has 0 aliphatic rings. The first-order valence-corrected chi connectivity index (χ1v) is 6.23. The fourth-order valence-corrected chi connectivity index (χ4v) is 2.54. The third kappa shape index (κ3) is 2.05. The molecule has 0 bridgehead atoms. The predicted octanol–water partition coefficient (Wildman–Crippen LogP) is 3.18. The number of alkyl halides is 3. The third-order valence-corrected chi connectivity index (χ3v) is 3.54. The van der Waals surface area contributed by atoms with Gasteiger partial charge in [0.1, 0.15) is 0 Å². The molecular weight excluding hydrogens is 281 g/mol. The Balaban J connectivity index is 2.33. The van der Waals surface area contributed by atoms with Crippen LogP contribution in [0.1, 0.15) is 5.56 Å². The average Bonchev–Trinajstić information content (AvgIpc) is 2.89. The molecule has 3 rings (SSSR count). The molecule has 0 saturated carbocycles. The molecule has 2 heterocycles. The quantitative estimate of drug-likeness (QED) is 0.749. The molecule has 0 amide bonds. The normalized spacial score (nSPS) is 12.2. The zero-order chi connectivity index (χ0) is 15.4. The van der Waals surface area contributed by atoms with E-state index in [1.165, 1.54) is 12.3 Å². The summed E-state index contributed by atoms with van der Waals surface area (Å²) in [6.07, 6.45) is -1.13. The number of aryl methyl sites for hydroxylation is 2. The van der Waals surface area contributed by atoms with Gasteiger partial charge in [0.25, 0.3) is 0 Å². The summed E-state index contributed by atoms with van der Waals surface area (Å²) in [5, 5.41) is 4.54. The van der Waals surface area contributed by atoms with Crippen LogP contribution in [-0.4, -0.2) is 14.3 Å². The van der Waals surface area contributed by atoms with Crippen LogP contribution < -0.4 is 5.73 Å². The number of rotatable bonds is 1. The first kappa shape index (κ1) is 13.5. The van der Waals surface area contributed by atoms with Crippen LogP contribution in [0.5, 0.6) is 0 Å². The molecule has 110 valence electrons. The zero-order valence-corrected chi connectivity index (χ0v) is 11.4. The number of nitrogens with two attached hydrogens (primary N) is 1. The Morgan fingerprint density at radius 2 is 1.90 bits per heavy atom. The van der Waals surface area contributed by atoms with Crippen LogP contribution in [0.4, 0.5) is 18.9 Å². The van der Waals surface area contributed by atoms with Crippen molar-refractivity contribution < 1.29 is 13.2 Å². The molecule has 3 aromatic rings. The van der Waals surface area contributed by atoms with Gasteiger partial charge in [0.05, 0.1) is 23.1 Å². The summed E-state index contributed by atoms with van der Waals surface area (Å²) < 4.78 is 42.1. The monoisotopic (exact) mass is 294 g/mol. The second kappa shape index (κ2) is 4.28. The maximum absolute atomic E-state index is 12.9. The number of hydrogen-bond acceptors (Lipinski definition) is 2. The number of benzene rings is 1. The standard InChI is InChI=1S/C14H13F3N4/c1-20-7-10(13-11(18)6-19-21(13)2)9-5-8(14(15,16)17)3-4-12(9)20/h3-7H,18H2,1-2H3. The fraction of sp³-hybridized carbons (Fsp3) is 0.214. The lowest BCUT2D eigenvalue weighted by molar-refractivity contribution is -0.137. The van der Waals surface area contributed by atoms with E-state index in [2.05, 4.69) is 5.10 Å². The van der Waals surface area contributed by atoms with Gasteiger partial charge < -0.3 is 10.3 Å². The molecule has 0 atom stereocenters. The van der Waals surface area contributed by atoms with E-state index >= 15 is 0 Å². The van der Waals surface area contributed by atoms with E-state index in [0.717, 1.165) is 12.1 Å². The topological polar surface area (TPSA) is 48.8 Å². The SMILES string of the molecule is Cn1ncc(N)c1-c1cn(C)c2ccc(C(F)(F)F)cc12. The van der Waals surface area contributed by atoms with Crippen LogP contribution in [0.15, 0.2) is 30.6 Å². The van der Waals surface area contributed by atoms with Crippen LogP contribution in [0.25, 0.3) is 22.2 Å². The van der Waals surface area contributed by atoms with E-state index in [9.17, 15) is 13.2 Å². The van der Waals surface area contributed by atoms with E-state index < -0.39 is 11.7 Å². The van der Waals surface area contributed by atoms with Gasteiger partial charge in [-0.05, 0) is 18.2 Å². The summed E-state index contributed by atoms with van der Waals surface area (Å²) in [6.45, 7) is 0. The van der Waals surface area contributed by atoms with Gasteiger partial charge in [0.15, 0.2) is 0 Å². The van der Waals surface area contributed by atoms with Crippen LogP contribution in [0.3, 0.4) is 0 Å². The summed E-state index contributed by atoms with van der Waals surface area (Å²) in [5.74, 6) is 0. The number of nitrogens with zero attached hydrogens (tertiary/aromatic N) is 3. The van der Waals surface area contributed by atoms with E-state index in [4.69, 9.17) is 5.73 Å². The van der Waals surface area contributed by atoms with Crippen LogP contribution >= 0.6 is 0 Å². The Hall–Kier alpha value is -2.44. The van der Waals surface area contributed by atoms with E-state index in [1.54, 1.807) is 29.5 Å². The predicted molar refractivity (Wildman–Crippen MR) is 74.5 cm³/mol. The molecule has 0 fully saturated rings. The van der Waals surface area contributed by atoms with Gasteiger partial charge in [0.2, 0.25) is 0 Å². The summed E-state index contributed by atoms with van der Waals surface area (Å²) in [4.78, 5) is 0. The molecule has 0 aliphatic heterocycles. The van der Waals surface area contributed by atoms with Crippen molar-refractivity contribution in [1.82, 2.24) is 14.3 Å². The summed E-state index contributed by atoms with van der Waals surface area (Å²) in [6, 6.07) is 3.70. The van der Waals surface area contributed by atoms with Crippen molar-refractivity contribution in [3.8, 4) is 11.3 Å². The number of hydrogen-bond donors (Lipinski definition) is 1. The van der Waals surface area contributed by atoms with E-state index in [0.29, 0.717) is 27.8 Å². The highest BCUT2D eigenvalue weighted by atomic mass is 19.4. The molecule has 0 spiro atoms. The molecule has 0 unspecified atom stereocenters. The van der Waals surface area contributed by atoms with Crippen molar-refractivity contribution >= 4 is 16.6 Å². The maximum atomic E-state index is 12.9. The molecule has 2 N–H and O–H groups in total. The highest BCUT2D eigenvalue weighted by Crippen LogP contribution is 2.37. The van der Waals surface area contributed by atoms with E-state index in [1.807, 2.05) is 0 Å². The van der Waals surface area contributed by atoms with Gasteiger partial charge in [-0.2, -0.15) is 18.3 Å². The molecule has 0 saturated heterocycles. The Kier molecular flexibility index (Phi) is 2.76. The number of halogens is 3. The lowest BCUT2D eigenvalue weighted by atomic mass is 10.1. The Morgan fingerprint density at radius 1 is 1.19 bits per heavy atom. The van der Waals surface area contributed by atoms with Crippen molar-refractivity contribution in [2.24, 2.45) is 14.1 Å². The van der Waals surface area contributed by atoms with Crippen molar-refractivity contribution in [2.45, 2.75) is 6.18 Å². The van der Waals surface area contributed by atoms with Gasteiger partial charge in [0, 0.05) is 36.8 Å². The molecule has 0 radical (unpaired) electrons. The minimum absolute atomic E-state index is 0.433. The second-order valence-electron chi connectivity index (χ2n) is 4.96. The Labute approximate surface area is 118 Å². The van der Waals surface area contributed by atoms with Gasteiger partial charge in [-0.1, -0.05) is 0 Å². The van der Waals surface area contributed by atoms with Crippen LogP contribution in [0.2, 0.25) is 0 Å². The van der Waals surface area contributed by atoms with E-state index in [-0.39, 0.29) is 0 Å². The largest absolute Gasteiger partial charge is 0.416 e. The lowest BCUT2D eigenvalue weighted by Crippen LogP contribution is -2.04. The maximum Gasteiger partial charge on any atom is 0.416 e. The molecule has 4 nitrogen and oxygen atoms in total. The summed E-state index contributed by atoms with van der Waals surface area (Å²) in [5.41, 5.74) is 7.59. The first-order chi connectivity index (χ1) is 9.79. The number of fused-ring (bicyclic) bond motifs is 1. The van der Waals surface area contributed by atoms with Crippen LogP contribution in [-0.2, 0) is 20.3 Å². The van der Waals surface area contributed by atoms with Crippen molar-refractivity contribution in [3.63, 3.8) is 0 Å². The fourth-order valence-electron chi connectivity index (χ4n) is 2.54.